The van der Waals surface area contributed by atoms with Crippen LogP contribution in [0.2, 0.25) is 0 Å². The van der Waals surface area contributed by atoms with Crippen molar-refractivity contribution in [2.45, 2.75) is 20.3 Å². The van der Waals surface area contributed by atoms with Crippen molar-refractivity contribution in [3.05, 3.63) is 0 Å². The van der Waals surface area contributed by atoms with Gasteiger partial charge in [0.1, 0.15) is 0 Å². The van der Waals surface area contributed by atoms with E-state index in [-0.39, 0.29) is 18.9 Å². The number of carbonyl (C=O) groups is 2. The Hall–Kier alpha value is -1.50. The quantitative estimate of drug-likeness (QED) is 0.613. The molecule has 0 spiro atoms. The predicted molar refractivity (Wildman–Crippen MR) is 47.9 cm³/mol. The highest BCUT2D eigenvalue weighted by Crippen LogP contribution is 2.12. The number of carbonyl (C=O) groups excluding carboxylic acids is 1. The highest BCUT2D eigenvalue weighted by atomic mass is 16.4. The third-order valence-electron chi connectivity index (χ3n) is 1.57. The monoisotopic (exact) mass is 183 g/mol. The molecule has 0 heterocycles. The van der Waals surface area contributed by atoms with Gasteiger partial charge in [-0.3, -0.25) is 9.59 Å². The van der Waals surface area contributed by atoms with Crippen LogP contribution in [0.25, 0.3) is 0 Å². The van der Waals surface area contributed by atoms with Gasteiger partial charge in [0.2, 0.25) is 5.91 Å². The summed E-state index contributed by atoms with van der Waals surface area (Å²) in [4.78, 5) is 21.5. The smallest absolute Gasteiger partial charge is 0.310 e. The number of amides is 1. The molecule has 0 unspecified atom stereocenters. The van der Waals surface area contributed by atoms with Crippen LogP contribution in [0.5, 0.6) is 0 Å². The van der Waals surface area contributed by atoms with Gasteiger partial charge in [0.25, 0.3) is 0 Å². The summed E-state index contributed by atoms with van der Waals surface area (Å²) < 4.78 is 0. The number of aliphatic carboxylic acids is 1. The molecule has 4 heteroatoms. The number of carboxylic acids is 1. The van der Waals surface area contributed by atoms with E-state index in [1.807, 2.05) is 0 Å². The Balaban J connectivity index is 3.96. The molecule has 0 aliphatic rings. The molecular weight excluding hydrogens is 170 g/mol. The van der Waals surface area contributed by atoms with Gasteiger partial charge in [0.15, 0.2) is 0 Å². The molecule has 0 aromatic heterocycles. The molecule has 0 rings (SSSR count). The molecule has 0 aliphatic carbocycles. The Morgan fingerprint density at radius 1 is 1.54 bits per heavy atom. The molecule has 0 saturated carbocycles. The lowest BCUT2D eigenvalue weighted by Gasteiger charge is -2.18. The summed E-state index contributed by atoms with van der Waals surface area (Å²) in [6.07, 6.45) is 4.88. The van der Waals surface area contributed by atoms with E-state index >= 15 is 0 Å². The standard InChI is InChI=1S/C9H13NO3/c1-4-5-7(11)10-6-9(2,3)8(12)13/h1H,5-6H2,2-3H3,(H,10,11)(H,12,13). The maximum atomic E-state index is 10.9. The number of carboxylic acid groups (broad SMARTS) is 1. The summed E-state index contributed by atoms with van der Waals surface area (Å²) in [5, 5.41) is 11.1. The van der Waals surface area contributed by atoms with E-state index in [9.17, 15) is 9.59 Å². The molecule has 0 aromatic rings. The first kappa shape index (κ1) is 11.5. The van der Waals surface area contributed by atoms with Crippen LogP contribution in [-0.4, -0.2) is 23.5 Å². The third kappa shape index (κ3) is 4.16. The van der Waals surface area contributed by atoms with Gasteiger partial charge < -0.3 is 10.4 Å². The lowest BCUT2D eigenvalue weighted by Crippen LogP contribution is -2.38. The van der Waals surface area contributed by atoms with Gasteiger partial charge in [-0.05, 0) is 13.8 Å². The van der Waals surface area contributed by atoms with Gasteiger partial charge in [-0.15, -0.1) is 6.42 Å². The SMILES string of the molecule is C#CCC(=O)NCC(C)(C)C(=O)O. The predicted octanol–water partition coefficient (Wildman–Crippen LogP) is 0.237. The van der Waals surface area contributed by atoms with E-state index < -0.39 is 11.4 Å². The molecule has 72 valence electrons. The average Bonchev–Trinajstić information content (AvgIpc) is 2.01. The second-order valence-electron chi connectivity index (χ2n) is 3.35. The molecule has 13 heavy (non-hydrogen) atoms. The molecule has 0 atom stereocenters. The molecule has 4 nitrogen and oxygen atoms in total. The summed E-state index contributed by atoms with van der Waals surface area (Å²) in [5.74, 6) is 0.901. The fourth-order valence-electron chi connectivity index (χ4n) is 0.550. The molecule has 0 aliphatic heterocycles. The Bertz CT molecular complexity index is 250. The van der Waals surface area contributed by atoms with Crippen molar-refractivity contribution in [2.75, 3.05) is 6.54 Å². The summed E-state index contributed by atoms with van der Waals surface area (Å²) in [5.41, 5.74) is -0.954. The molecule has 1 amide bonds. The largest absolute Gasteiger partial charge is 0.481 e. The Morgan fingerprint density at radius 3 is 2.46 bits per heavy atom. The van der Waals surface area contributed by atoms with Crippen LogP contribution in [-0.2, 0) is 9.59 Å². The van der Waals surface area contributed by atoms with E-state index in [1.165, 1.54) is 13.8 Å². The maximum absolute atomic E-state index is 10.9. The number of rotatable bonds is 4. The first-order valence-electron chi connectivity index (χ1n) is 3.83. The molecule has 0 bridgehead atoms. The Morgan fingerprint density at radius 2 is 2.08 bits per heavy atom. The molecular formula is C9H13NO3. The van der Waals surface area contributed by atoms with Crippen LogP contribution < -0.4 is 5.32 Å². The van der Waals surface area contributed by atoms with Gasteiger partial charge in [-0.25, -0.2) is 0 Å². The van der Waals surface area contributed by atoms with Gasteiger partial charge in [-0.2, -0.15) is 0 Å². The minimum atomic E-state index is -0.954. The highest BCUT2D eigenvalue weighted by molar-refractivity contribution is 5.80. The zero-order valence-corrected chi connectivity index (χ0v) is 7.76. The minimum Gasteiger partial charge on any atom is -0.481 e. The van der Waals surface area contributed by atoms with Crippen LogP contribution in [0.1, 0.15) is 20.3 Å². The van der Waals surface area contributed by atoms with Crippen molar-refractivity contribution in [1.82, 2.24) is 5.32 Å². The van der Waals surface area contributed by atoms with Crippen LogP contribution in [0.15, 0.2) is 0 Å². The molecule has 0 saturated heterocycles. The number of hydrogen-bond acceptors (Lipinski definition) is 2. The molecule has 0 radical (unpaired) electrons. The topological polar surface area (TPSA) is 66.4 Å². The Labute approximate surface area is 77.3 Å². The number of hydrogen-bond donors (Lipinski definition) is 2. The van der Waals surface area contributed by atoms with Crippen LogP contribution in [0.4, 0.5) is 0 Å². The van der Waals surface area contributed by atoms with Gasteiger partial charge in [0.05, 0.1) is 11.8 Å². The Kier molecular flexibility index (Phi) is 3.99. The fraction of sp³-hybridized carbons (Fsp3) is 0.556. The first-order chi connectivity index (χ1) is 5.90. The number of terminal acetylenes is 1. The van der Waals surface area contributed by atoms with E-state index in [4.69, 9.17) is 11.5 Å². The van der Waals surface area contributed by atoms with Gasteiger partial charge >= 0.3 is 5.97 Å². The highest BCUT2D eigenvalue weighted by Gasteiger charge is 2.27. The summed E-state index contributed by atoms with van der Waals surface area (Å²) in [6.45, 7) is 3.15. The van der Waals surface area contributed by atoms with Crippen molar-refractivity contribution in [1.29, 1.82) is 0 Å². The van der Waals surface area contributed by atoms with Crippen LogP contribution in [0.3, 0.4) is 0 Å². The zero-order valence-electron chi connectivity index (χ0n) is 7.76. The second kappa shape index (κ2) is 4.51. The van der Waals surface area contributed by atoms with E-state index in [1.54, 1.807) is 0 Å². The van der Waals surface area contributed by atoms with Crippen LogP contribution in [0, 0.1) is 17.8 Å². The van der Waals surface area contributed by atoms with Crippen molar-refractivity contribution in [3.63, 3.8) is 0 Å². The summed E-state index contributed by atoms with van der Waals surface area (Å²) in [7, 11) is 0. The van der Waals surface area contributed by atoms with Crippen LogP contribution >= 0.6 is 0 Å². The summed E-state index contributed by atoms with van der Waals surface area (Å²) in [6, 6.07) is 0. The molecule has 0 aromatic carbocycles. The lowest BCUT2D eigenvalue weighted by molar-refractivity contribution is -0.146. The van der Waals surface area contributed by atoms with Gasteiger partial charge in [0, 0.05) is 6.54 Å². The van der Waals surface area contributed by atoms with Gasteiger partial charge in [-0.1, -0.05) is 5.92 Å². The van der Waals surface area contributed by atoms with Crippen molar-refractivity contribution in [3.8, 4) is 12.3 Å². The second-order valence-corrected chi connectivity index (χ2v) is 3.35. The van der Waals surface area contributed by atoms with Crippen molar-refractivity contribution in [2.24, 2.45) is 5.41 Å². The van der Waals surface area contributed by atoms with E-state index in [0.29, 0.717) is 0 Å². The van der Waals surface area contributed by atoms with E-state index in [0.717, 1.165) is 0 Å². The molecule has 0 fully saturated rings. The number of nitrogens with one attached hydrogen (secondary N) is 1. The van der Waals surface area contributed by atoms with E-state index in [2.05, 4.69) is 11.2 Å². The summed E-state index contributed by atoms with van der Waals surface area (Å²) >= 11 is 0. The lowest BCUT2D eigenvalue weighted by atomic mass is 9.94. The first-order valence-corrected chi connectivity index (χ1v) is 3.83. The normalized spacial score (nSPS) is 10.2. The molecule has 2 N–H and O–H groups in total. The van der Waals surface area contributed by atoms with Crippen molar-refractivity contribution >= 4 is 11.9 Å². The zero-order chi connectivity index (χ0) is 10.5. The fourth-order valence-corrected chi connectivity index (χ4v) is 0.550. The average molecular weight is 183 g/mol. The maximum Gasteiger partial charge on any atom is 0.310 e. The van der Waals surface area contributed by atoms with Crippen molar-refractivity contribution < 1.29 is 14.7 Å². The third-order valence-corrected chi connectivity index (χ3v) is 1.57. The minimum absolute atomic E-state index is 0.0182.